The van der Waals surface area contributed by atoms with E-state index in [4.69, 9.17) is 15.1 Å². The van der Waals surface area contributed by atoms with Gasteiger partial charge in [0.25, 0.3) is 0 Å². The van der Waals surface area contributed by atoms with Crippen molar-refractivity contribution in [2.24, 2.45) is 5.92 Å². The maximum Gasteiger partial charge on any atom is 0.225 e. The van der Waals surface area contributed by atoms with Crippen molar-refractivity contribution in [1.29, 1.82) is 0 Å². The molecule has 0 unspecified atom stereocenters. The van der Waals surface area contributed by atoms with Crippen LogP contribution in [-0.4, -0.2) is 56.7 Å². The number of benzene rings is 2. The topological polar surface area (TPSA) is 67.2 Å². The van der Waals surface area contributed by atoms with E-state index in [1.807, 2.05) is 59.4 Å². The third kappa shape index (κ3) is 5.50. The standard InChI is InChI=1S/C30H36N6O/c1-3-5-14-24(4-2)30(37)35-19-17-34(18-20-35)28-26-22-31-36(25-15-10-7-11-16-25)29(26)33-27(32-28)21-23-12-8-6-9-13-23/h6-13,15-16,22,24H,3-5,14,17-21H2,1-2H3/t24-/m0/s1. The first-order chi connectivity index (χ1) is 18.2. The molecule has 5 rings (SSSR count). The highest BCUT2D eigenvalue weighted by Crippen LogP contribution is 2.28. The molecule has 0 N–H and O–H groups in total. The summed E-state index contributed by atoms with van der Waals surface area (Å²) in [5.41, 5.74) is 2.96. The molecule has 1 saturated heterocycles. The number of carbonyl (C=O) groups is 1. The Morgan fingerprint density at radius 3 is 2.30 bits per heavy atom. The molecule has 0 bridgehead atoms. The molecular formula is C30H36N6O. The fraction of sp³-hybridized carbons (Fsp3) is 0.400. The van der Waals surface area contributed by atoms with Gasteiger partial charge in [0.1, 0.15) is 11.6 Å². The quantitative estimate of drug-likeness (QED) is 0.316. The summed E-state index contributed by atoms with van der Waals surface area (Å²) in [6, 6.07) is 20.4. The largest absolute Gasteiger partial charge is 0.352 e. The average Bonchev–Trinajstić information content (AvgIpc) is 3.38. The SMILES string of the molecule is CCCC[C@H](CC)C(=O)N1CCN(c2nc(Cc3ccccc3)nc3c2cnn3-c2ccccc2)CC1. The molecule has 0 saturated carbocycles. The first-order valence-corrected chi connectivity index (χ1v) is 13.6. The van der Waals surface area contributed by atoms with Crippen LogP contribution in [0.3, 0.4) is 0 Å². The van der Waals surface area contributed by atoms with Crippen LogP contribution in [0.4, 0.5) is 5.82 Å². The number of unbranched alkanes of at least 4 members (excludes halogenated alkanes) is 1. The van der Waals surface area contributed by atoms with Gasteiger partial charge in [-0.1, -0.05) is 75.2 Å². The van der Waals surface area contributed by atoms with Gasteiger partial charge in [-0.05, 0) is 30.5 Å². The predicted molar refractivity (Wildman–Crippen MR) is 148 cm³/mol. The molecule has 0 radical (unpaired) electrons. The molecule has 7 heteroatoms. The van der Waals surface area contributed by atoms with Crippen molar-refractivity contribution in [1.82, 2.24) is 24.6 Å². The van der Waals surface area contributed by atoms with Crippen LogP contribution in [0.2, 0.25) is 0 Å². The van der Waals surface area contributed by atoms with Gasteiger partial charge in [0.15, 0.2) is 5.65 Å². The monoisotopic (exact) mass is 496 g/mol. The third-order valence-corrected chi connectivity index (χ3v) is 7.30. The minimum Gasteiger partial charge on any atom is -0.352 e. The fourth-order valence-electron chi connectivity index (χ4n) is 5.14. The number of hydrogen-bond acceptors (Lipinski definition) is 5. The van der Waals surface area contributed by atoms with E-state index in [0.29, 0.717) is 25.4 Å². The molecule has 0 spiro atoms. The van der Waals surface area contributed by atoms with E-state index in [9.17, 15) is 4.79 Å². The molecule has 3 heterocycles. The van der Waals surface area contributed by atoms with E-state index in [1.165, 1.54) is 5.56 Å². The van der Waals surface area contributed by atoms with Crippen molar-refractivity contribution in [3.8, 4) is 5.69 Å². The summed E-state index contributed by atoms with van der Waals surface area (Å²) in [5, 5.41) is 5.64. The van der Waals surface area contributed by atoms with Crippen molar-refractivity contribution in [3.63, 3.8) is 0 Å². The van der Waals surface area contributed by atoms with E-state index in [1.54, 1.807) is 0 Å². The number of carbonyl (C=O) groups excluding carboxylic acids is 1. The normalized spacial score (nSPS) is 14.8. The second-order valence-corrected chi connectivity index (χ2v) is 9.81. The van der Waals surface area contributed by atoms with Crippen LogP contribution in [0.1, 0.15) is 50.9 Å². The average molecular weight is 497 g/mol. The van der Waals surface area contributed by atoms with Crippen molar-refractivity contribution in [2.75, 3.05) is 31.1 Å². The number of rotatable bonds is 9. The molecule has 1 amide bonds. The number of nitrogens with zero attached hydrogens (tertiary/aromatic N) is 6. The molecule has 4 aromatic rings. The molecule has 1 aliphatic heterocycles. The van der Waals surface area contributed by atoms with Gasteiger partial charge < -0.3 is 9.80 Å². The number of para-hydroxylation sites is 1. The number of anilines is 1. The van der Waals surface area contributed by atoms with Crippen LogP contribution in [0.25, 0.3) is 16.7 Å². The Kier molecular flexibility index (Phi) is 7.78. The van der Waals surface area contributed by atoms with E-state index < -0.39 is 0 Å². The number of aromatic nitrogens is 4. The van der Waals surface area contributed by atoms with Crippen LogP contribution in [0, 0.1) is 5.92 Å². The van der Waals surface area contributed by atoms with Gasteiger partial charge in [-0.3, -0.25) is 4.79 Å². The molecule has 37 heavy (non-hydrogen) atoms. The molecule has 2 aromatic heterocycles. The Morgan fingerprint density at radius 1 is 0.919 bits per heavy atom. The summed E-state index contributed by atoms with van der Waals surface area (Å²) in [6.07, 6.45) is 6.66. The smallest absolute Gasteiger partial charge is 0.225 e. The number of piperazine rings is 1. The highest BCUT2D eigenvalue weighted by atomic mass is 16.2. The molecule has 1 fully saturated rings. The van der Waals surface area contributed by atoms with Crippen LogP contribution in [0.15, 0.2) is 66.9 Å². The van der Waals surface area contributed by atoms with Crippen molar-refractivity contribution in [3.05, 3.63) is 78.2 Å². The number of amides is 1. The van der Waals surface area contributed by atoms with E-state index >= 15 is 0 Å². The van der Waals surface area contributed by atoms with Crippen molar-refractivity contribution in [2.45, 2.75) is 46.0 Å². The highest BCUT2D eigenvalue weighted by molar-refractivity contribution is 5.88. The summed E-state index contributed by atoms with van der Waals surface area (Å²) in [7, 11) is 0. The molecule has 1 atom stereocenters. The van der Waals surface area contributed by atoms with E-state index in [0.717, 1.165) is 67.1 Å². The molecule has 192 valence electrons. The Morgan fingerprint density at radius 2 is 1.62 bits per heavy atom. The van der Waals surface area contributed by atoms with Crippen molar-refractivity contribution < 1.29 is 4.79 Å². The predicted octanol–water partition coefficient (Wildman–Crippen LogP) is 5.27. The number of hydrogen-bond donors (Lipinski definition) is 0. The molecule has 0 aliphatic carbocycles. The number of fused-ring (bicyclic) bond motifs is 1. The zero-order valence-corrected chi connectivity index (χ0v) is 21.9. The lowest BCUT2D eigenvalue weighted by atomic mass is 9.97. The second-order valence-electron chi connectivity index (χ2n) is 9.81. The van der Waals surface area contributed by atoms with Crippen LogP contribution in [-0.2, 0) is 11.2 Å². The lowest BCUT2D eigenvalue weighted by Gasteiger charge is -2.37. The maximum absolute atomic E-state index is 13.2. The Bertz CT molecular complexity index is 1310. The second kappa shape index (κ2) is 11.5. The third-order valence-electron chi connectivity index (χ3n) is 7.30. The van der Waals surface area contributed by atoms with Crippen LogP contribution < -0.4 is 4.90 Å². The zero-order chi connectivity index (χ0) is 25.6. The van der Waals surface area contributed by atoms with Crippen molar-refractivity contribution >= 4 is 22.8 Å². The van der Waals surface area contributed by atoms with E-state index in [2.05, 4.69) is 35.8 Å². The van der Waals surface area contributed by atoms with Gasteiger partial charge in [-0.25, -0.2) is 14.6 Å². The first-order valence-electron chi connectivity index (χ1n) is 13.6. The molecule has 1 aliphatic rings. The van der Waals surface area contributed by atoms with Crippen LogP contribution >= 0.6 is 0 Å². The summed E-state index contributed by atoms with van der Waals surface area (Å²) >= 11 is 0. The van der Waals surface area contributed by atoms with Gasteiger partial charge in [-0.2, -0.15) is 5.10 Å². The summed E-state index contributed by atoms with van der Waals surface area (Å²) in [5.74, 6) is 2.13. The Labute approximate surface area is 219 Å². The first kappa shape index (κ1) is 24.9. The summed E-state index contributed by atoms with van der Waals surface area (Å²) in [4.78, 5) is 27.5. The minimum absolute atomic E-state index is 0.138. The lowest BCUT2D eigenvalue weighted by Crippen LogP contribution is -2.50. The van der Waals surface area contributed by atoms with E-state index in [-0.39, 0.29) is 5.92 Å². The molecule has 7 nitrogen and oxygen atoms in total. The Hall–Kier alpha value is -3.74. The lowest BCUT2D eigenvalue weighted by molar-refractivity contribution is -0.136. The van der Waals surface area contributed by atoms with Gasteiger partial charge in [0.2, 0.25) is 5.91 Å². The summed E-state index contributed by atoms with van der Waals surface area (Å²) < 4.78 is 1.90. The summed E-state index contributed by atoms with van der Waals surface area (Å²) in [6.45, 7) is 7.25. The van der Waals surface area contributed by atoms with Gasteiger partial charge in [-0.15, -0.1) is 0 Å². The molecular weight excluding hydrogens is 460 g/mol. The zero-order valence-electron chi connectivity index (χ0n) is 21.9. The van der Waals surface area contributed by atoms with Gasteiger partial charge >= 0.3 is 0 Å². The maximum atomic E-state index is 13.2. The van der Waals surface area contributed by atoms with Gasteiger partial charge in [0, 0.05) is 38.5 Å². The fourth-order valence-corrected chi connectivity index (χ4v) is 5.14. The minimum atomic E-state index is 0.138. The highest BCUT2D eigenvalue weighted by Gasteiger charge is 2.28. The van der Waals surface area contributed by atoms with Gasteiger partial charge in [0.05, 0.1) is 17.3 Å². The molecule has 2 aromatic carbocycles. The Balaban J connectivity index is 1.43. The van der Waals surface area contributed by atoms with Crippen LogP contribution in [0.5, 0.6) is 0 Å².